The van der Waals surface area contributed by atoms with Crippen LogP contribution in [0.15, 0.2) is 0 Å². The Labute approximate surface area is 133 Å². The number of thiocyanates is 1. The number of isothiocyanates is 2. The van der Waals surface area contributed by atoms with Gasteiger partial charge in [0.05, 0.1) is 10.3 Å². The minimum Gasteiger partial charge on any atom is -0.248 e. The van der Waals surface area contributed by atoms with Crippen molar-refractivity contribution in [2.24, 2.45) is 17.3 Å². The maximum atomic E-state index is 7.18. The number of hydrogen-bond donors (Lipinski definition) is 3. The number of rotatable bonds is 0. The summed E-state index contributed by atoms with van der Waals surface area (Å²) in [5.74, 6) is 1.91. The van der Waals surface area contributed by atoms with Gasteiger partial charge in [-0.2, -0.15) is 5.26 Å². The molecule has 0 heterocycles. The second-order valence-corrected chi connectivity index (χ2v) is 5.93. The third-order valence-electron chi connectivity index (χ3n) is 2.61. The van der Waals surface area contributed by atoms with Crippen molar-refractivity contribution in [3.05, 3.63) is 0 Å². The van der Waals surface area contributed by atoms with E-state index in [-0.39, 0.29) is 0 Å². The molecule has 0 aliphatic heterocycles. The summed E-state index contributed by atoms with van der Waals surface area (Å²) in [5, 5.41) is 23.3. The fourth-order valence-corrected chi connectivity index (χ4v) is 2.82. The molecule has 6 heteroatoms. The zero-order valence-electron chi connectivity index (χ0n) is 12.0. The molecule has 1 aliphatic carbocycles. The highest BCUT2D eigenvalue weighted by atomic mass is 32.1. The van der Waals surface area contributed by atoms with E-state index in [1.54, 1.807) is 10.3 Å². The highest BCUT2D eigenvalue weighted by Crippen LogP contribution is 2.41. The lowest BCUT2D eigenvalue weighted by molar-refractivity contribution is 0.143. The average Bonchev–Trinajstić information content (AvgIpc) is 2.16. The van der Waals surface area contributed by atoms with Gasteiger partial charge in [0, 0.05) is 0 Å². The van der Waals surface area contributed by atoms with Crippen LogP contribution in [0.3, 0.4) is 0 Å². The van der Waals surface area contributed by atoms with E-state index in [9.17, 15) is 0 Å². The van der Waals surface area contributed by atoms with E-state index in [0.29, 0.717) is 5.41 Å². The van der Waals surface area contributed by atoms with Gasteiger partial charge in [-0.3, -0.25) is 0 Å². The van der Waals surface area contributed by atoms with E-state index in [2.05, 4.69) is 64.8 Å². The maximum Gasteiger partial charge on any atom is 0.130 e. The van der Waals surface area contributed by atoms with Crippen LogP contribution in [0, 0.1) is 38.7 Å². The lowest BCUT2D eigenvalue weighted by Gasteiger charge is -2.37. The van der Waals surface area contributed by atoms with Gasteiger partial charge in [-0.05, 0) is 60.9 Å². The van der Waals surface area contributed by atoms with E-state index in [1.807, 2.05) is 0 Å². The Balaban J connectivity index is -0.000000238. The summed E-state index contributed by atoms with van der Waals surface area (Å²) in [6.07, 6.45) is 4.30. The van der Waals surface area contributed by atoms with Crippen molar-refractivity contribution in [3.63, 3.8) is 0 Å². The van der Waals surface area contributed by atoms with E-state index < -0.39 is 0 Å². The standard InChI is InChI=1S/C10H20.3CHNS/c1-8-5-9(2)7-10(3,4)6-8;3*2-1-3/h8-9H,5-7H2,1-4H3;3H;2*2H. The summed E-state index contributed by atoms with van der Waals surface area (Å²) in [4.78, 5) is 0. The van der Waals surface area contributed by atoms with Crippen LogP contribution >= 0.6 is 37.1 Å². The van der Waals surface area contributed by atoms with Crippen LogP contribution in [0.2, 0.25) is 0 Å². The molecule has 1 fully saturated rings. The Morgan fingerprint density at radius 1 is 1.11 bits per heavy atom. The van der Waals surface area contributed by atoms with Gasteiger partial charge in [0.2, 0.25) is 0 Å². The van der Waals surface area contributed by atoms with Crippen LogP contribution in [0.5, 0.6) is 0 Å². The predicted molar refractivity (Wildman–Crippen MR) is 91.2 cm³/mol. The smallest absolute Gasteiger partial charge is 0.130 e. The van der Waals surface area contributed by atoms with Crippen LogP contribution < -0.4 is 0 Å². The Hall–Kier alpha value is -0.560. The highest BCUT2D eigenvalue weighted by Gasteiger charge is 2.29. The van der Waals surface area contributed by atoms with Crippen molar-refractivity contribution >= 4 is 47.4 Å². The van der Waals surface area contributed by atoms with Gasteiger partial charge in [-0.25, -0.2) is 10.8 Å². The summed E-state index contributed by atoms with van der Waals surface area (Å²) >= 11 is 10.7. The van der Waals surface area contributed by atoms with Gasteiger partial charge >= 0.3 is 0 Å². The SMILES string of the molecule is CC1CC(C)CC(C)(C)C1.N#CS.N=C=S.N=C=S. The Kier molecular flexibility index (Phi) is 19.2. The first-order valence-electron chi connectivity index (χ1n) is 5.85. The van der Waals surface area contributed by atoms with Crippen molar-refractivity contribution in [1.29, 1.82) is 16.1 Å². The van der Waals surface area contributed by atoms with Crippen molar-refractivity contribution < 1.29 is 0 Å². The van der Waals surface area contributed by atoms with Gasteiger partial charge in [0.25, 0.3) is 0 Å². The van der Waals surface area contributed by atoms with E-state index in [0.717, 1.165) is 11.8 Å². The first-order valence-corrected chi connectivity index (χ1v) is 7.11. The van der Waals surface area contributed by atoms with Crippen LogP contribution in [-0.4, -0.2) is 10.3 Å². The summed E-state index contributed by atoms with van der Waals surface area (Å²) in [7, 11) is 0. The quantitative estimate of drug-likeness (QED) is 0.249. The first-order chi connectivity index (χ1) is 8.74. The van der Waals surface area contributed by atoms with Crippen molar-refractivity contribution in [3.8, 4) is 5.40 Å². The Morgan fingerprint density at radius 3 is 1.47 bits per heavy atom. The second-order valence-electron chi connectivity index (χ2n) is 5.32. The van der Waals surface area contributed by atoms with E-state index in [4.69, 9.17) is 16.1 Å². The zero-order valence-corrected chi connectivity index (χ0v) is 14.5. The molecule has 3 nitrogen and oxygen atoms in total. The lowest BCUT2D eigenvalue weighted by atomic mass is 9.69. The third-order valence-corrected chi connectivity index (χ3v) is 2.61. The molecule has 2 N–H and O–H groups in total. The Bertz CT molecular complexity index is 299. The van der Waals surface area contributed by atoms with Crippen LogP contribution in [0.1, 0.15) is 47.0 Å². The Morgan fingerprint density at radius 2 is 1.32 bits per heavy atom. The molecule has 0 aromatic rings. The lowest BCUT2D eigenvalue weighted by Crippen LogP contribution is -2.25. The molecule has 0 spiro atoms. The maximum absolute atomic E-state index is 7.18. The summed E-state index contributed by atoms with van der Waals surface area (Å²) < 4.78 is 0. The first kappa shape index (κ1) is 23.5. The highest BCUT2D eigenvalue weighted by molar-refractivity contribution is 7.85. The molecule has 1 saturated carbocycles. The van der Waals surface area contributed by atoms with Gasteiger partial charge in [0.1, 0.15) is 5.40 Å². The topological polar surface area (TPSA) is 71.5 Å². The molecule has 0 radical (unpaired) electrons. The molecule has 2 atom stereocenters. The molecular formula is C13H23N3S3. The molecule has 0 bridgehead atoms. The van der Waals surface area contributed by atoms with Gasteiger partial charge in [0.15, 0.2) is 0 Å². The summed E-state index contributed by atoms with van der Waals surface area (Å²) in [6, 6.07) is 0. The number of nitrogens with zero attached hydrogens (tertiary/aromatic N) is 1. The third kappa shape index (κ3) is 23.0. The molecule has 0 saturated heterocycles. The van der Waals surface area contributed by atoms with Gasteiger partial charge in [-0.15, -0.1) is 0 Å². The summed E-state index contributed by atoms with van der Waals surface area (Å²) in [6.45, 7) is 9.58. The van der Waals surface area contributed by atoms with Gasteiger partial charge in [-0.1, -0.05) is 40.3 Å². The molecule has 19 heavy (non-hydrogen) atoms. The molecule has 108 valence electrons. The predicted octanol–water partition coefficient (Wildman–Crippen LogP) is 5.20. The minimum absolute atomic E-state index is 0.622. The van der Waals surface area contributed by atoms with Crippen LogP contribution in [0.25, 0.3) is 0 Å². The number of nitrogens with one attached hydrogen (secondary N) is 2. The van der Waals surface area contributed by atoms with Crippen molar-refractivity contribution in [2.75, 3.05) is 0 Å². The number of nitriles is 1. The molecule has 1 rings (SSSR count). The zero-order chi connectivity index (χ0) is 15.9. The van der Waals surface area contributed by atoms with Crippen LogP contribution in [0.4, 0.5) is 0 Å². The fraction of sp³-hybridized carbons (Fsp3) is 0.769. The second kappa shape index (κ2) is 15.5. The molecule has 0 aromatic heterocycles. The van der Waals surface area contributed by atoms with Crippen LogP contribution in [-0.2, 0) is 0 Å². The normalized spacial score (nSPS) is 22.1. The average molecular weight is 318 g/mol. The number of thiocarbonyl (C=S) groups is 2. The molecular weight excluding hydrogens is 294 g/mol. The van der Waals surface area contributed by atoms with E-state index >= 15 is 0 Å². The summed E-state index contributed by atoms with van der Waals surface area (Å²) in [5.41, 5.74) is 0.622. The van der Waals surface area contributed by atoms with Crippen molar-refractivity contribution in [2.45, 2.75) is 47.0 Å². The minimum atomic E-state index is 0.622. The monoisotopic (exact) mass is 317 g/mol. The molecule has 1 aliphatic rings. The van der Waals surface area contributed by atoms with Gasteiger partial charge < -0.3 is 0 Å². The number of hydrogen-bond acceptors (Lipinski definition) is 6. The fourth-order valence-electron chi connectivity index (χ4n) is 2.82. The molecule has 0 aromatic carbocycles. The van der Waals surface area contributed by atoms with Crippen molar-refractivity contribution in [1.82, 2.24) is 0 Å². The van der Waals surface area contributed by atoms with E-state index in [1.165, 1.54) is 24.7 Å². The largest absolute Gasteiger partial charge is 0.248 e. The molecule has 0 amide bonds. The number of thiol groups is 1. The molecule has 2 unspecified atom stereocenters.